The zero-order valence-corrected chi connectivity index (χ0v) is 11.3. The van der Waals surface area contributed by atoms with Gasteiger partial charge in [-0.25, -0.2) is 4.98 Å². The topological polar surface area (TPSA) is 140 Å². The number of hydrogen-bond acceptors (Lipinski definition) is 7. The Morgan fingerprint density at radius 2 is 2.20 bits per heavy atom. The fourth-order valence-electron chi connectivity index (χ4n) is 1.40. The number of carbonyl (C=O) groups excluding carboxylic acids is 1. The molecule has 20 heavy (non-hydrogen) atoms. The van der Waals surface area contributed by atoms with Crippen LogP contribution in [0.3, 0.4) is 0 Å². The summed E-state index contributed by atoms with van der Waals surface area (Å²) in [5.74, 6) is -2.02. The van der Waals surface area contributed by atoms with Gasteiger partial charge in [-0.15, -0.1) is 0 Å². The van der Waals surface area contributed by atoms with Crippen LogP contribution in [0.2, 0.25) is 0 Å². The van der Waals surface area contributed by atoms with Gasteiger partial charge in [0.1, 0.15) is 0 Å². The first kappa shape index (κ1) is 14.3. The molecule has 0 atom stereocenters. The van der Waals surface area contributed by atoms with Gasteiger partial charge in [0.2, 0.25) is 5.91 Å². The van der Waals surface area contributed by atoms with E-state index in [1.54, 1.807) is 0 Å². The largest absolute Gasteiger partial charge is 0.301 e. The summed E-state index contributed by atoms with van der Waals surface area (Å²) in [6, 6.07) is 4.01. The maximum atomic E-state index is 11.3. The molecule has 0 spiro atoms. The molecule has 0 bridgehead atoms. The number of amides is 1. The third kappa shape index (κ3) is 3.46. The molecule has 0 unspecified atom stereocenters. The second-order valence-corrected chi connectivity index (χ2v) is 6.19. The van der Waals surface area contributed by atoms with E-state index in [1.807, 2.05) is 0 Å². The van der Waals surface area contributed by atoms with Crippen molar-refractivity contribution in [3.05, 3.63) is 28.3 Å². The third-order valence-electron chi connectivity index (χ3n) is 2.14. The van der Waals surface area contributed by atoms with E-state index in [4.69, 9.17) is 4.55 Å². The molecular formula is C9H7N3O6S2. The van der Waals surface area contributed by atoms with E-state index in [0.717, 1.165) is 11.3 Å². The molecule has 1 amide bonds. The first-order chi connectivity index (χ1) is 9.24. The number of nitro groups is 1. The zero-order chi connectivity index (χ0) is 14.9. The summed E-state index contributed by atoms with van der Waals surface area (Å²) in [4.78, 5) is 25.2. The van der Waals surface area contributed by atoms with E-state index in [2.05, 4.69) is 10.3 Å². The molecule has 106 valence electrons. The first-order valence-corrected chi connectivity index (χ1v) is 7.47. The van der Waals surface area contributed by atoms with Crippen LogP contribution < -0.4 is 5.32 Å². The zero-order valence-electron chi connectivity index (χ0n) is 9.64. The Kier molecular flexibility index (Phi) is 3.65. The van der Waals surface area contributed by atoms with Crippen LogP contribution in [-0.4, -0.2) is 34.5 Å². The lowest BCUT2D eigenvalue weighted by Crippen LogP contribution is -2.22. The minimum Gasteiger partial charge on any atom is -0.301 e. The fourth-order valence-corrected chi connectivity index (χ4v) is 2.67. The van der Waals surface area contributed by atoms with E-state index in [-0.39, 0.29) is 10.8 Å². The third-order valence-corrected chi connectivity index (χ3v) is 3.72. The number of carbonyl (C=O) groups is 1. The number of fused-ring (bicyclic) bond motifs is 1. The Hall–Kier alpha value is -2.11. The predicted molar refractivity (Wildman–Crippen MR) is 71.3 cm³/mol. The van der Waals surface area contributed by atoms with Gasteiger partial charge in [0.25, 0.3) is 15.8 Å². The number of aromatic nitrogens is 1. The first-order valence-electron chi connectivity index (χ1n) is 5.04. The van der Waals surface area contributed by atoms with Crippen LogP contribution in [0.25, 0.3) is 10.2 Å². The Labute approximate surface area is 116 Å². The smallest absolute Gasteiger partial charge is 0.274 e. The Bertz CT molecular complexity index is 797. The SMILES string of the molecule is O=C(CS(=O)(=O)O)Nc1nc2cc([N+](=O)[O-])ccc2s1. The van der Waals surface area contributed by atoms with Crippen molar-refractivity contribution in [3.8, 4) is 0 Å². The summed E-state index contributed by atoms with van der Waals surface area (Å²) in [7, 11) is -4.42. The maximum absolute atomic E-state index is 11.3. The minimum atomic E-state index is -4.42. The quantitative estimate of drug-likeness (QED) is 0.487. The van der Waals surface area contributed by atoms with Crippen LogP contribution in [0.5, 0.6) is 0 Å². The molecule has 0 aliphatic carbocycles. The summed E-state index contributed by atoms with van der Waals surface area (Å²) in [6.07, 6.45) is 0. The van der Waals surface area contributed by atoms with Crippen LogP contribution in [0.1, 0.15) is 0 Å². The molecule has 0 saturated heterocycles. The van der Waals surface area contributed by atoms with Crippen molar-refractivity contribution in [2.24, 2.45) is 0 Å². The van der Waals surface area contributed by atoms with Crippen molar-refractivity contribution in [2.45, 2.75) is 0 Å². The molecular weight excluding hydrogens is 310 g/mol. The number of hydrogen-bond donors (Lipinski definition) is 2. The second-order valence-electron chi connectivity index (χ2n) is 3.70. The Morgan fingerprint density at radius 1 is 1.50 bits per heavy atom. The van der Waals surface area contributed by atoms with Gasteiger partial charge in [-0.2, -0.15) is 8.42 Å². The number of benzene rings is 1. The van der Waals surface area contributed by atoms with E-state index in [9.17, 15) is 23.3 Å². The molecule has 0 fully saturated rings. The lowest BCUT2D eigenvalue weighted by Gasteiger charge is -1.97. The van der Waals surface area contributed by atoms with Gasteiger partial charge in [0.05, 0.1) is 15.1 Å². The Morgan fingerprint density at radius 3 is 2.80 bits per heavy atom. The highest BCUT2D eigenvalue weighted by Crippen LogP contribution is 2.28. The molecule has 0 radical (unpaired) electrons. The lowest BCUT2D eigenvalue weighted by atomic mass is 10.3. The molecule has 2 rings (SSSR count). The van der Waals surface area contributed by atoms with Crippen molar-refractivity contribution in [1.82, 2.24) is 4.98 Å². The molecule has 11 heteroatoms. The molecule has 0 aliphatic rings. The van der Waals surface area contributed by atoms with E-state index < -0.39 is 26.7 Å². The highest BCUT2D eigenvalue weighted by atomic mass is 32.2. The van der Waals surface area contributed by atoms with Crippen LogP contribution in [-0.2, 0) is 14.9 Å². The summed E-state index contributed by atoms with van der Waals surface area (Å²) in [5.41, 5.74) is 0.171. The number of nitro benzene ring substituents is 1. The van der Waals surface area contributed by atoms with Gasteiger partial charge < -0.3 is 5.32 Å². The molecule has 2 N–H and O–H groups in total. The molecule has 9 nitrogen and oxygen atoms in total. The summed E-state index contributed by atoms with van der Waals surface area (Å²) >= 11 is 1.03. The normalized spacial score (nSPS) is 11.4. The van der Waals surface area contributed by atoms with Crippen LogP contribution in [0, 0.1) is 10.1 Å². The van der Waals surface area contributed by atoms with Crippen LogP contribution in [0.4, 0.5) is 10.8 Å². The van der Waals surface area contributed by atoms with Crippen molar-refractivity contribution in [3.63, 3.8) is 0 Å². The Balaban J connectivity index is 2.24. The number of nitrogens with one attached hydrogen (secondary N) is 1. The van der Waals surface area contributed by atoms with Crippen molar-refractivity contribution < 1.29 is 22.7 Å². The molecule has 1 aromatic heterocycles. The molecule has 0 aliphatic heterocycles. The average molecular weight is 317 g/mol. The minimum absolute atomic E-state index is 0.0918. The number of nitrogens with zero attached hydrogens (tertiary/aromatic N) is 2. The van der Waals surface area contributed by atoms with E-state index in [0.29, 0.717) is 10.2 Å². The fraction of sp³-hybridized carbons (Fsp3) is 0.111. The molecule has 0 saturated carbocycles. The van der Waals surface area contributed by atoms with Gasteiger partial charge in [-0.1, -0.05) is 11.3 Å². The number of anilines is 1. The van der Waals surface area contributed by atoms with Crippen molar-refractivity contribution >= 4 is 48.4 Å². The summed E-state index contributed by atoms with van der Waals surface area (Å²) < 4.78 is 30.2. The number of thiazole rings is 1. The number of rotatable bonds is 4. The monoisotopic (exact) mass is 317 g/mol. The molecule has 1 aromatic carbocycles. The van der Waals surface area contributed by atoms with Gasteiger partial charge in [0, 0.05) is 12.1 Å². The highest BCUT2D eigenvalue weighted by molar-refractivity contribution is 7.86. The summed E-state index contributed by atoms with van der Waals surface area (Å²) in [6.45, 7) is 0. The van der Waals surface area contributed by atoms with Gasteiger partial charge >= 0.3 is 0 Å². The van der Waals surface area contributed by atoms with E-state index >= 15 is 0 Å². The maximum Gasteiger partial charge on any atom is 0.274 e. The van der Waals surface area contributed by atoms with Gasteiger partial charge in [-0.3, -0.25) is 19.5 Å². The second kappa shape index (κ2) is 5.11. The predicted octanol–water partition coefficient (Wildman–Crippen LogP) is 1.03. The molecule has 2 aromatic rings. The van der Waals surface area contributed by atoms with Crippen LogP contribution >= 0.6 is 11.3 Å². The van der Waals surface area contributed by atoms with Crippen molar-refractivity contribution in [2.75, 3.05) is 11.1 Å². The van der Waals surface area contributed by atoms with Crippen LogP contribution in [0.15, 0.2) is 18.2 Å². The highest BCUT2D eigenvalue weighted by Gasteiger charge is 2.15. The van der Waals surface area contributed by atoms with Crippen molar-refractivity contribution in [1.29, 1.82) is 0 Å². The van der Waals surface area contributed by atoms with E-state index in [1.165, 1.54) is 18.2 Å². The summed E-state index contributed by atoms with van der Waals surface area (Å²) in [5, 5.41) is 12.9. The standard InChI is InChI=1S/C9H7N3O6S2/c13-8(4-20(16,17)18)11-9-10-6-3-5(12(14)15)1-2-7(6)19-9/h1-3H,4H2,(H,10,11,13)(H,16,17,18). The lowest BCUT2D eigenvalue weighted by molar-refractivity contribution is -0.384. The molecule has 1 heterocycles. The van der Waals surface area contributed by atoms with Gasteiger partial charge in [0.15, 0.2) is 10.9 Å². The van der Waals surface area contributed by atoms with Gasteiger partial charge in [-0.05, 0) is 6.07 Å². The average Bonchev–Trinajstić information content (AvgIpc) is 2.66. The number of non-ortho nitro benzene ring substituents is 1.